The van der Waals surface area contributed by atoms with Crippen molar-refractivity contribution in [3.63, 3.8) is 0 Å². The monoisotopic (exact) mass is 346 g/mol. The van der Waals surface area contributed by atoms with Crippen molar-refractivity contribution in [1.29, 1.82) is 0 Å². The molecule has 2 fully saturated rings. The Hall–Kier alpha value is -1.59. The van der Waals surface area contributed by atoms with Crippen molar-refractivity contribution < 1.29 is 14.6 Å². The van der Waals surface area contributed by atoms with Crippen LogP contribution in [0.15, 0.2) is 24.3 Å². The van der Waals surface area contributed by atoms with Crippen LogP contribution in [0.25, 0.3) is 0 Å². The number of hydrogen-bond acceptors (Lipinski definition) is 4. The second kappa shape index (κ2) is 7.75. The largest absolute Gasteiger partial charge is 0.491 e. The number of aliphatic hydroxyl groups is 1. The number of ether oxygens (including phenoxy) is 1. The van der Waals surface area contributed by atoms with Gasteiger partial charge in [0.15, 0.2) is 0 Å². The van der Waals surface area contributed by atoms with Gasteiger partial charge in [0.1, 0.15) is 18.5 Å². The van der Waals surface area contributed by atoms with Gasteiger partial charge < -0.3 is 20.5 Å². The van der Waals surface area contributed by atoms with Gasteiger partial charge in [0.2, 0.25) is 5.91 Å². The number of hydrogen-bond donors (Lipinski definition) is 3. The number of benzene rings is 1. The van der Waals surface area contributed by atoms with E-state index in [-0.39, 0.29) is 24.0 Å². The second-order valence-corrected chi connectivity index (χ2v) is 7.81. The molecule has 2 unspecified atom stereocenters. The Morgan fingerprint density at radius 1 is 1.36 bits per heavy atom. The van der Waals surface area contributed by atoms with Crippen molar-refractivity contribution in [3.8, 4) is 5.75 Å². The lowest BCUT2D eigenvalue weighted by atomic mass is 9.60. The van der Waals surface area contributed by atoms with E-state index in [1.54, 1.807) is 0 Å². The van der Waals surface area contributed by atoms with Gasteiger partial charge in [-0.2, -0.15) is 0 Å². The third-order valence-corrected chi connectivity index (χ3v) is 5.68. The fourth-order valence-electron chi connectivity index (χ4n) is 3.99. The summed E-state index contributed by atoms with van der Waals surface area (Å²) in [7, 11) is 0. The van der Waals surface area contributed by atoms with Gasteiger partial charge >= 0.3 is 0 Å². The summed E-state index contributed by atoms with van der Waals surface area (Å²) in [4.78, 5) is 11.7. The predicted octanol–water partition coefficient (Wildman–Crippen LogP) is 2.20. The van der Waals surface area contributed by atoms with E-state index in [0.717, 1.165) is 24.2 Å². The van der Waals surface area contributed by atoms with E-state index in [1.807, 2.05) is 18.2 Å². The summed E-state index contributed by atoms with van der Waals surface area (Å²) >= 11 is 0. The molecular formula is C20H30N2O3. The number of carbonyl (C=O) groups excluding carboxylic acids is 1. The Morgan fingerprint density at radius 2 is 2.12 bits per heavy atom. The number of para-hydroxylation sites is 1. The standard InChI is InChI=1S/C20H30N2O3/c1-14(2)16-6-3-4-7-17(16)25-13-15(23)11-21-18-12-22-19(24)10-20(18)8-5-9-20/h3-4,6-7,14-15,18,21,23H,5,8-13H2,1-2H3,(H,22,24). The predicted molar refractivity (Wildman–Crippen MR) is 97.7 cm³/mol. The maximum absolute atomic E-state index is 11.7. The van der Waals surface area contributed by atoms with Crippen LogP contribution < -0.4 is 15.4 Å². The molecule has 1 aromatic rings. The zero-order chi connectivity index (χ0) is 17.9. The number of nitrogens with one attached hydrogen (secondary N) is 2. The van der Waals surface area contributed by atoms with Crippen LogP contribution >= 0.6 is 0 Å². The molecule has 1 aliphatic carbocycles. The van der Waals surface area contributed by atoms with Gasteiger partial charge in [-0.25, -0.2) is 0 Å². The third-order valence-electron chi connectivity index (χ3n) is 5.68. The number of aliphatic hydroxyl groups excluding tert-OH is 1. The lowest BCUT2D eigenvalue weighted by molar-refractivity contribution is -0.129. The number of carbonyl (C=O) groups is 1. The molecule has 5 nitrogen and oxygen atoms in total. The highest BCUT2D eigenvalue weighted by Crippen LogP contribution is 2.48. The molecule has 1 aromatic carbocycles. The van der Waals surface area contributed by atoms with Crippen LogP contribution in [0.3, 0.4) is 0 Å². The lowest BCUT2D eigenvalue weighted by Gasteiger charge is -2.50. The van der Waals surface area contributed by atoms with Crippen molar-refractivity contribution in [1.82, 2.24) is 10.6 Å². The van der Waals surface area contributed by atoms with Crippen molar-refractivity contribution in [3.05, 3.63) is 29.8 Å². The number of amides is 1. The van der Waals surface area contributed by atoms with Crippen LogP contribution in [0.2, 0.25) is 0 Å². The third kappa shape index (κ3) is 4.15. The summed E-state index contributed by atoms with van der Waals surface area (Å²) < 4.78 is 5.85. The average molecular weight is 346 g/mol. The summed E-state index contributed by atoms with van der Waals surface area (Å²) in [5.74, 6) is 1.39. The second-order valence-electron chi connectivity index (χ2n) is 7.81. The van der Waals surface area contributed by atoms with Crippen molar-refractivity contribution in [2.24, 2.45) is 5.41 Å². The van der Waals surface area contributed by atoms with E-state index in [1.165, 1.54) is 6.42 Å². The van der Waals surface area contributed by atoms with Crippen LogP contribution in [0.5, 0.6) is 5.75 Å². The Kier molecular flexibility index (Phi) is 5.64. The summed E-state index contributed by atoms with van der Waals surface area (Å²) in [5, 5.41) is 16.7. The van der Waals surface area contributed by atoms with Gasteiger partial charge in [-0.15, -0.1) is 0 Å². The minimum atomic E-state index is -0.574. The highest BCUT2D eigenvalue weighted by molar-refractivity contribution is 5.78. The summed E-state index contributed by atoms with van der Waals surface area (Å²) in [6.45, 7) is 5.67. The van der Waals surface area contributed by atoms with E-state index >= 15 is 0 Å². The lowest BCUT2D eigenvalue weighted by Crippen LogP contribution is -2.61. The molecule has 0 radical (unpaired) electrons. The fraction of sp³-hybridized carbons (Fsp3) is 0.650. The van der Waals surface area contributed by atoms with E-state index < -0.39 is 6.10 Å². The Balaban J connectivity index is 1.48. The van der Waals surface area contributed by atoms with Gasteiger partial charge in [0.25, 0.3) is 0 Å². The molecular weight excluding hydrogens is 316 g/mol. The van der Waals surface area contributed by atoms with Gasteiger partial charge in [-0.3, -0.25) is 4.79 Å². The average Bonchev–Trinajstić information content (AvgIpc) is 2.57. The van der Waals surface area contributed by atoms with Gasteiger partial charge in [-0.1, -0.05) is 38.5 Å². The highest BCUT2D eigenvalue weighted by atomic mass is 16.5. The van der Waals surface area contributed by atoms with Gasteiger partial charge in [-0.05, 0) is 35.8 Å². The minimum Gasteiger partial charge on any atom is -0.491 e. The Morgan fingerprint density at radius 3 is 2.80 bits per heavy atom. The van der Waals surface area contributed by atoms with Crippen LogP contribution in [0.1, 0.15) is 51.0 Å². The van der Waals surface area contributed by atoms with E-state index in [4.69, 9.17) is 4.74 Å². The normalized spacial score (nSPS) is 23.2. The van der Waals surface area contributed by atoms with Crippen LogP contribution in [0.4, 0.5) is 0 Å². The van der Waals surface area contributed by atoms with Gasteiger partial charge in [0, 0.05) is 25.6 Å². The Labute approximate surface area is 150 Å². The Bertz CT molecular complexity index is 598. The maximum Gasteiger partial charge on any atom is 0.220 e. The maximum atomic E-state index is 11.7. The van der Waals surface area contributed by atoms with Crippen molar-refractivity contribution >= 4 is 5.91 Å². The quantitative estimate of drug-likeness (QED) is 0.708. The molecule has 2 atom stereocenters. The molecule has 3 rings (SSSR count). The first-order valence-electron chi connectivity index (χ1n) is 9.40. The smallest absolute Gasteiger partial charge is 0.220 e. The topological polar surface area (TPSA) is 70.6 Å². The van der Waals surface area contributed by atoms with Crippen LogP contribution in [0, 0.1) is 5.41 Å². The minimum absolute atomic E-state index is 0.104. The number of piperidine rings is 1. The molecule has 1 saturated carbocycles. The van der Waals surface area contributed by atoms with E-state index in [9.17, 15) is 9.90 Å². The molecule has 1 saturated heterocycles. The van der Waals surface area contributed by atoms with E-state index in [2.05, 4.69) is 30.5 Å². The first kappa shape index (κ1) is 18.2. The van der Waals surface area contributed by atoms with Crippen molar-refractivity contribution in [2.75, 3.05) is 19.7 Å². The van der Waals surface area contributed by atoms with Crippen LogP contribution in [-0.2, 0) is 4.79 Å². The van der Waals surface area contributed by atoms with E-state index in [0.29, 0.717) is 25.4 Å². The molecule has 5 heteroatoms. The zero-order valence-corrected chi connectivity index (χ0v) is 15.3. The van der Waals surface area contributed by atoms with Crippen molar-refractivity contribution in [2.45, 2.75) is 57.6 Å². The van der Waals surface area contributed by atoms with Gasteiger partial charge in [0.05, 0.1) is 0 Å². The molecule has 25 heavy (non-hydrogen) atoms. The number of rotatable bonds is 7. The van der Waals surface area contributed by atoms with Crippen LogP contribution in [-0.4, -0.2) is 42.9 Å². The summed E-state index contributed by atoms with van der Waals surface area (Å²) in [5.41, 5.74) is 1.26. The molecule has 2 aliphatic rings. The molecule has 1 amide bonds. The fourth-order valence-corrected chi connectivity index (χ4v) is 3.99. The highest BCUT2D eigenvalue weighted by Gasteiger charge is 2.47. The molecule has 138 valence electrons. The first-order chi connectivity index (χ1) is 12.0. The molecule has 1 heterocycles. The molecule has 3 N–H and O–H groups in total. The molecule has 1 spiro atoms. The molecule has 0 bridgehead atoms. The zero-order valence-electron chi connectivity index (χ0n) is 15.3. The first-order valence-corrected chi connectivity index (χ1v) is 9.40. The molecule has 1 aliphatic heterocycles. The summed E-state index contributed by atoms with van der Waals surface area (Å²) in [6.07, 6.45) is 3.44. The summed E-state index contributed by atoms with van der Waals surface area (Å²) in [6, 6.07) is 8.23. The SMILES string of the molecule is CC(C)c1ccccc1OCC(O)CNC1CNC(=O)CC12CCC2. The molecule has 0 aromatic heterocycles.